The van der Waals surface area contributed by atoms with Crippen molar-refractivity contribution in [3.63, 3.8) is 0 Å². The van der Waals surface area contributed by atoms with Gasteiger partial charge in [-0.15, -0.1) is 10.2 Å². The zero-order valence-corrected chi connectivity index (χ0v) is 12.2. The lowest BCUT2D eigenvalue weighted by Gasteiger charge is -2.36. The summed E-state index contributed by atoms with van der Waals surface area (Å²) in [6, 6.07) is 12.6. The molecule has 0 amide bonds. The monoisotopic (exact) mass is 296 g/mol. The minimum absolute atomic E-state index is 0.154. The van der Waals surface area contributed by atoms with Gasteiger partial charge in [0.25, 0.3) is 0 Å². The number of hydrogen-bond acceptors (Lipinski definition) is 4. The highest BCUT2D eigenvalue weighted by atomic mass is 19.1. The van der Waals surface area contributed by atoms with Crippen LogP contribution < -0.4 is 4.90 Å². The molecule has 4 nitrogen and oxygen atoms in total. The van der Waals surface area contributed by atoms with Crippen molar-refractivity contribution in [1.29, 1.82) is 5.26 Å². The fourth-order valence-electron chi connectivity index (χ4n) is 2.97. The second-order valence-corrected chi connectivity index (χ2v) is 5.53. The van der Waals surface area contributed by atoms with Crippen LogP contribution in [0.5, 0.6) is 0 Å². The molecule has 0 radical (unpaired) electrons. The Morgan fingerprint density at radius 1 is 1.18 bits per heavy atom. The quantitative estimate of drug-likeness (QED) is 0.873. The van der Waals surface area contributed by atoms with Crippen LogP contribution in [0.15, 0.2) is 36.4 Å². The molecule has 1 saturated heterocycles. The Kier molecular flexibility index (Phi) is 4.29. The maximum atomic E-state index is 13.9. The molecule has 22 heavy (non-hydrogen) atoms. The first-order valence-corrected chi connectivity index (χ1v) is 7.52. The molecule has 1 atom stereocenters. The van der Waals surface area contributed by atoms with Crippen molar-refractivity contribution in [3.8, 4) is 6.07 Å². The third-order valence-electron chi connectivity index (χ3n) is 4.10. The second-order valence-electron chi connectivity index (χ2n) is 5.53. The van der Waals surface area contributed by atoms with Gasteiger partial charge in [-0.05, 0) is 49.4 Å². The van der Waals surface area contributed by atoms with Crippen molar-refractivity contribution in [1.82, 2.24) is 10.2 Å². The van der Waals surface area contributed by atoms with Gasteiger partial charge in [-0.2, -0.15) is 5.26 Å². The Morgan fingerprint density at radius 3 is 2.77 bits per heavy atom. The average Bonchev–Trinajstić information content (AvgIpc) is 2.58. The van der Waals surface area contributed by atoms with Gasteiger partial charge in [0.1, 0.15) is 11.9 Å². The van der Waals surface area contributed by atoms with Gasteiger partial charge in [-0.25, -0.2) is 4.39 Å². The zero-order chi connectivity index (χ0) is 15.4. The Morgan fingerprint density at radius 2 is 2.05 bits per heavy atom. The largest absolute Gasteiger partial charge is 0.352 e. The second kappa shape index (κ2) is 6.52. The summed E-state index contributed by atoms with van der Waals surface area (Å²) < 4.78 is 13.9. The number of nitriles is 1. The van der Waals surface area contributed by atoms with E-state index in [2.05, 4.69) is 15.1 Å². The highest BCUT2D eigenvalue weighted by Crippen LogP contribution is 2.26. The first-order chi connectivity index (χ1) is 10.8. The Hall–Kier alpha value is -2.48. The fraction of sp³-hybridized carbons (Fsp3) is 0.353. The van der Waals surface area contributed by atoms with Gasteiger partial charge >= 0.3 is 0 Å². The molecule has 1 aliphatic heterocycles. The van der Waals surface area contributed by atoms with Crippen LogP contribution in [0, 0.1) is 17.1 Å². The predicted molar refractivity (Wildman–Crippen MR) is 81.8 cm³/mol. The van der Waals surface area contributed by atoms with Crippen LogP contribution in [-0.2, 0) is 6.42 Å². The maximum Gasteiger partial charge on any atom is 0.163 e. The minimum Gasteiger partial charge on any atom is -0.352 e. The number of rotatable bonds is 3. The van der Waals surface area contributed by atoms with Crippen molar-refractivity contribution in [3.05, 3.63) is 53.5 Å². The average molecular weight is 296 g/mol. The van der Waals surface area contributed by atoms with Crippen LogP contribution in [-0.4, -0.2) is 22.8 Å². The van der Waals surface area contributed by atoms with E-state index in [9.17, 15) is 4.39 Å². The van der Waals surface area contributed by atoms with Crippen LogP contribution in [0.2, 0.25) is 0 Å². The van der Waals surface area contributed by atoms with E-state index in [0.717, 1.165) is 37.2 Å². The lowest BCUT2D eigenvalue weighted by atomic mass is 9.95. The molecular weight excluding hydrogens is 279 g/mol. The topological polar surface area (TPSA) is 52.8 Å². The smallest absolute Gasteiger partial charge is 0.163 e. The summed E-state index contributed by atoms with van der Waals surface area (Å²) in [5.41, 5.74) is 1.05. The molecule has 1 aromatic heterocycles. The van der Waals surface area contributed by atoms with Crippen molar-refractivity contribution in [2.24, 2.45) is 0 Å². The van der Waals surface area contributed by atoms with Crippen LogP contribution in [0.4, 0.5) is 10.2 Å². The molecule has 1 aromatic carbocycles. The molecule has 1 aliphatic rings. The summed E-state index contributed by atoms with van der Waals surface area (Å²) in [6.07, 6.45) is 3.90. The van der Waals surface area contributed by atoms with Crippen molar-refractivity contribution in [2.45, 2.75) is 31.7 Å². The highest BCUT2D eigenvalue weighted by Gasteiger charge is 2.25. The molecule has 0 saturated carbocycles. The van der Waals surface area contributed by atoms with E-state index in [0.29, 0.717) is 12.1 Å². The summed E-state index contributed by atoms with van der Waals surface area (Å²) in [4.78, 5) is 2.18. The maximum absolute atomic E-state index is 13.9. The molecule has 0 spiro atoms. The van der Waals surface area contributed by atoms with Crippen molar-refractivity contribution in [2.75, 3.05) is 11.4 Å². The van der Waals surface area contributed by atoms with Gasteiger partial charge in [0, 0.05) is 12.6 Å². The minimum atomic E-state index is -0.154. The van der Waals surface area contributed by atoms with Crippen LogP contribution in [0.25, 0.3) is 0 Å². The summed E-state index contributed by atoms with van der Waals surface area (Å²) >= 11 is 0. The Bertz CT molecular complexity index is 678. The highest BCUT2D eigenvalue weighted by molar-refractivity contribution is 5.41. The van der Waals surface area contributed by atoms with E-state index < -0.39 is 0 Å². The molecule has 0 bridgehead atoms. The first kappa shape index (κ1) is 14.5. The van der Waals surface area contributed by atoms with Crippen LogP contribution >= 0.6 is 0 Å². The van der Waals surface area contributed by atoms with E-state index >= 15 is 0 Å². The van der Waals surface area contributed by atoms with Crippen molar-refractivity contribution >= 4 is 5.82 Å². The van der Waals surface area contributed by atoms with Crippen LogP contribution in [0.1, 0.15) is 30.5 Å². The number of aromatic nitrogens is 2. The van der Waals surface area contributed by atoms with Crippen LogP contribution in [0.3, 0.4) is 0 Å². The molecule has 5 heteroatoms. The van der Waals surface area contributed by atoms with E-state index in [-0.39, 0.29) is 11.9 Å². The third kappa shape index (κ3) is 3.06. The predicted octanol–water partition coefficient (Wildman–Crippen LogP) is 3.09. The number of hydrogen-bond donors (Lipinski definition) is 0. The number of halogens is 1. The van der Waals surface area contributed by atoms with Gasteiger partial charge in [0.15, 0.2) is 11.5 Å². The first-order valence-electron chi connectivity index (χ1n) is 7.52. The molecule has 3 rings (SSSR count). The van der Waals surface area contributed by atoms with Gasteiger partial charge in [-0.1, -0.05) is 18.2 Å². The molecule has 2 aromatic rings. The number of benzene rings is 1. The number of anilines is 1. The van der Waals surface area contributed by atoms with E-state index in [1.807, 2.05) is 24.3 Å². The van der Waals surface area contributed by atoms with E-state index in [1.54, 1.807) is 12.1 Å². The number of nitrogens with zero attached hydrogens (tertiary/aromatic N) is 4. The van der Waals surface area contributed by atoms with Gasteiger partial charge in [0.2, 0.25) is 0 Å². The molecular formula is C17H17FN4. The van der Waals surface area contributed by atoms with E-state index in [1.165, 1.54) is 6.07 Å². The van der Waals surface area contributed by atoms with Crippen molar-refractivity contribution < 1.29 is 4.39 Å². The SMILES string of the molecule is N#Cc1ccc(N2CCCCC2Cc2ccccc2F)nn1. The van der Waals surface area contributed by atoms with Gasteiger partial charge in [-0.3, -0.25) is 0 Å². The summed E-state index contributed by atoms with van der Waals surface area (Å²) in [5, 5.41) is 16.9. The molecule has 1 unspecified atom stereocenters. The molecule has 1 fully saturated rings. The third-order valence-corrected chi connectivity index (χ3v) is 4.10. The lowest BCUT2D eigenvalue weighted by Crippen LogP contribution is -2.41. The molecule has 112 valence electrons. The lowest BCUT2D eigenvalue weighted by molar-refractivity contribution is 0.446. The number of piperidine rings is 1. The molecule has 2 heterocycles. The zero-order valence-electron chi connectivity index (χ0n) is 12.2. The Balaban J connectivity index is 1.82. The summed E-state index contributed by atoms with van der Waals surface area (Å²) in [5.74, 6) is 0.610. The van der Waals surface area contributed by atoms with Gasteiger partial charge < -0.3 is 4.90 Å². The molecule has 0 aliphatic carbocycles. The molecule has 0 N–H and O–H groups in total. The van der Waals surface area contributed by atoms with E-state index in [4.69, 9.17) is 5.26 Å². The normalized spacial score (nSPS) is 18.0. The van der Waals surface area contributed by atoms with Gasteiger partial charge in [0.05, 0.1) is 0 Å². The standard InChI is InChI=1S/C17H17FN4/c18-16-7-2-1-5-13(16)11-15-6-3-4-10-22(15)17-9-8-14(12-19)20-21-17/h1-2,5,7-9,15H,3-4,6,10-11H2. The fourth-order valence-corrected chi connectivity index (χ4v) is 2.97. The Labute approximate surface area is 129 Å². The summed E-state index contributed by atoms with van der Waals surface area (Å²) in [7, 11) is 0. The summed E-state index contributed by atoms with van der Waals surface area (Å²) in [6.45, 7) is 0.889.